The maximum absolute atomic E-state index is 12.2. The standard InChI is InChI=1S/C15H14BrN3O2/c1-2-17-14(20)10-5-3-6-11(9-10)19-15(21)12-7-4-8-18-13(12)16/h3-9H,2H2,1H3,(H,17,20)(H,19,21). The first-order valence-electron chi connectivity index (χ1n) is 6.42. The summed E-state index contributed by atoms with van der Waals surface area (Å²) in [7, 11) is 0. The Balaban J connectivity index is 2.17. The zero-order valence-corrected chi connectivity index (χ0v) is 13.0. The molecular formula is C15H14BrN3O2. The van der Waals surface area contributed by atoms with E-state index in [0.717, 1.165) is 0 Å². The summed E-state index contributed by atoms with van der Waals surface area (Å²) in [6.45, 7) is 2.40. The van der Waals surface area contributed by atoms with Crippen molar-refractivity contribution in [2.45, 2.75) is 6.92 Å². The Bertz CT molecular complexity index is 673. The van der Waals surface area contributed by atoms with Gasteiger partial charge in [0.2, 0.25) is 0 Å². The number of benzene rings is 1. The zero-order chi connectivity index (χ0) is 15.2. The summed E-state index contributed by atoms with van der Waals surface area (Å²) in [5, 5.41) is 5.46. The van der Waals surface area contributed by atoms with Gasteiger partial charge in [0.05, 0.1) is 5.56 Å². The van der Waals surface area contributed by atoms with Crippen LogP contribution in [0.4, 0.5) is 5.69 Å². The van der Waals surface area contributed by atoms with Gasteiger partial charge in [-0.05, 0) is 53.2 Å². The third kappa shape index (κ3) is 3.88. The topological polar surface area (TPSA) is 71.1 Å². The number of nitrogens with one attached hydrogen (secondary N) is 2. The summed E-state index contributed by atoms with van der Waals surface area (Å²) in [5.74, 6) is -0.459. The highest BCUT2D eigenvalue weighted by Gasteiger charge is 2.11. The first kappa shape index (κ1) is 15.2. The van der Waals surface area contributed by atoms with Gasteiger partial charge in [0.25, 0.3) is 11.8 Å². The average Bonchev–Trinajstić information content (AvgIpc) is 2.48. The summed E-state index contributed by atoms with van der Waals surface area (Å²) >= 11 is 3.23. The van der Waals surface area contributed by atoms with Crippen LogP contribution in [0.1, 0.15) is 27.6 Å². The smallest absolute Gasteiger partial charge is 0.258 e. The van der Waals surface area contributed by atoms with E-state index in [2.05, 4.69) is 31.5 Å². The Labute approximate surface area is 130 Å². The molecule has 2 amide bonds. The van der Waals surface area contributed by atoms with Gasteiger partial charge in [0.15, 0.2) is 0 Å². The molecule has 2 N–H and O–H groups in total. The number of carbonyl (C=O) groups excluding carboxylic acids is 2. The lowest BCUT2D eigenvalue weighted by Gasteiger charge is -2.08. The number of hydrogen-bond donors (Lipinski definition) is 2. The number of hydrogen-bond acceptors (Lipinski definition) is 3. The largest absolute Gasteiger partial charge is 0.352 e. The molecule has 0 aliphatic rings. The van der Waals surface area contributed by atoms with Crippen molar-refractivity contribution in [2.75, 3.05) is 11.9 Å². The fraction of sp³-hybridized carbons (Fsp3) is 0.133. The molecule has 1 heterocycles. The fourth-order valence-electron chi connectivity index (χ4n) is 1.75. The number of anilines is 1. The van der Waals surface area contributed by atoms with Crippen LogP contribution >= 0.6 is 15.9 Å². The highest BCUT2D eigenvalue weighted by molar-refractivity contribution is 9.10. The molecule has 1 aromatic heterocycles. The van der Waals surface area contributed by atoms with Crippen LogP contribution in [0.5, 0.6) is 0 Å². The lowest BCUT2D eigenvalue weighted by molar-refractivity contribution is 0.0954. The molecule has 2 rings (SSSR count). The van der Waals surface area contributed by atoms with Crippen LogP contribution in [0, 0.1) is 0 Å². The van der Waals surface area contributed by atoms with E-state index in [1.165, 1.54) is 0 Å². The SMILES string of the molecule is CCNC(=O)c1cccc(NC(=O)c2cccnc2Br)c1. The number of carbonyl (C=O) groups is 2. The van der Waals surface area contributed by atoms with Crippen LogP contribution in [0.3, 0.4) is 0 Å². The van der Waals surface area contributed by atoms with E-state index >= 15 is 0 Å². The van der Waals surface area contributed by atoms with Crippen molar-refractivity contribution in [2.24, 2.45) is 0 Å². The molecule has 0 atom stereocenters. The van der Waals surface area contributed by atoms with E-state index < -0.39 is 0 Å². The van der Waals surface area contributed by atoms with Gasteiger partial charge in [-0.15, -0.1) is 0 Å². The van der Waals surface area contributed by atoms with Crippen LogP contribution in [-0.4, -0.2) is 23.3 Å². The molecule has 0 aliphatic heterocycles. The molecule has 0 bridgehead atoms. The predicted octanol–water partition coefficient (Wildman–Crippen LogP) is 2.85. The van der Waals surface area contributed by atoms with E-state index in [-0.39, 0.29) is 11.8 Å². The van der Waals surface area contributed by atoms with Gasteiger partial charge in [0.1, 0.15) is 4.60 Å². The van der Waals surface area contributed by atoms with Crippen molar-refractivity contribution < 1.29 is 9.59 Å². The Hall–Kier alpha value is -2.21. The number of pyridine rings is 1. The second kappa shape index (κ2) is 6.99. The summed E-state index contributed by atoms with van der Waals surface area (Å²) < 4.78 is 0.474. The number of nitrogens with zero attached hydrogens (tertiary/aromatic N) is 1. The van der Waals surface area contributed by atoms with Crippen LogP contribution in [0.15, 0.2) is 47.2 Å². The molecule has 0 unspecified atom stereocenters. The first-order chi connectivity index (χ1) is 10.1. The second-order valence-corrected chi connectivity index (χ2v) is 4.99. The molecular weight excluding hydrogens is 334 g/mol. The second-order valence-electron chi connectivity index (χ2n) is 4.24. The third-order valence-electron chi connectivity index (χ3n) is 2.72. The van der Waals surface area contributed by atoms with Crippen molar-refractivity contribution in [1.29, 1.82) is 0 Å². The first-order valence-corrected chi connectivity index (χ1v) is 7.21. The summed E-state index contributed by atoms with van der Waals surface area (Å²) in [6, 6.07) is 10.1. The summed E-state index contributed by atoms with van der Waals surface area (Å²) in [5.41, 5.74) is 1.49. The number of aromatic nitrogens is 1. The van der Waals surface area contributed by atoms with Gasteiger partial charge in [-0.2, -0.15) is 0 Å². The molecule has 6 heteroatoms. The Morgan fingerprint density at radius 1 is 1.19 bits per heavy atom. The highest BCUT2D eigenvalue weighted by Crippen LogP contribution is 2.16. The zero-order valence-electron chi connectivity index (χ0n) is 11.4. The molecule has 5 nitrogen and oxygen atoms in total. The molecule has 0 saturated heterocycles. The monoisotopic (exact) mass is 347 g/mol. The Morgan fingerprint density at radius 2 is 2.00 bits per heavy atom. The molecule has 0 spiro atoms. The fourth-order valence-corrected chi connectivity index (χ4v) is 2.19. The number of halogens is 1. The molecule has 0 radical (unpaired) electrons. The lowest BCUT2D eigenvalue weighted by Crippen LogP contribution is -2.22. The predicted molar refractivity (Wildman–Crippen MR) is 84.3 cm³/mol. The molecule has 0 aliphatic carbocycles. The van der Waals surface area contributed by atoms with E-state index in [9.17, 15) is 9.59 Å². The van der Waals surface area contributed by atoms with Gasteiger partial charge < -0.3 is 10.6 Å². The quantitative estimate of drug-likeness (QED) is 0.835. The van der Waals surface area contributed by atoms with Crippen molar-refractivity contribution in [1.82, 2.24) is 10.3 Å². The minimum Gasteiger partial charge on any atom is -0.352 e. The minimum atomic E-state index is -0.289. The van der Waals surface area contributed by atoms with Crippen LogP contribution in [0.2, 0.25) is 0 Å². The van der Waals surface area contributed by atoms with Gasteiger partial charge in [-0.25, -0.2) is 4.98 Å². The van der Waals surface area contributed by atoms with Crippen LogP contribution < -0.4 is 10.6 Å². The molecule has 1 aromatic carbocycles. The normalized spacial score (nSPS) is 10.0. The van der Waals surface area contributed by atoms with Crippen molar-refractivity contribution >= 4 is 33.4 Å². The van der Waals surface area contributed by atoms with Crippen molar-refractivity contribution in [3.8, 4) is 0 Å². The van der Waals surface area contributed by atoms with E-state index in [4.69, 9.17) is 0 Å². The van der Waals surface area contributed by atoms with Gasteiger partial charge in [0, 0.05) is 24.0 Å². The van der Waals surface area contributed by atoms with Gasteiger partial charge >= 0.3 is 0 Å². The maximum atomic E-state index is 12.2. The van der Waals surface area contributed by atoms with Crippen molar-refractivity contribution in [3.05, 3.63) is 58.3 Å². The third-order valence-corrected chi connectivity index (χ3v) is 3.36. The van der Waals surface area contributed by atoms with E-state index in [1.807, 2.05) is 6.92 Å². The maximum Gasteiger partial charge on any atom is 0.258 e. The average molecular weight is 348 g/mol. The number of amides is 2. The van der Waals surface area contributed by atoms with E-state index in [1.54, 1.807) is 42.6 Å². The summed E-state index contributed by atoms with van der Waals surface area (Å²) in [4.78, 5) is 27.9. The van der Waals surface area contributed by atoms with Gasteiger partial charge in [-0.3, -0.25) is 9.59 Å². The molecule has 0 saturated carbocycles. The molecule has 0 fully saturated rings. The summed E-state index contributed by atoms with van der Waals surface area (Å²) in [6.07, 6.45) is 1.59. The molecule has 21 heavy (non-hydrogen) atoms. The lowest BCUT2D eigenvalue weighted by atomic mass is 10.1. The number of rotatable bonds is 4. The Morgan fingerprint density at radius 3 is 2.71 bits per heavy atom. The van der Waals surface area contributed by atoms with Crippen LogP contribution in [0.25, 0.3) is 0 Å². The molecule has 2 aromatic rings. The minimum absolute atomic E-state index is 0.170. The van der Waals surface area contributed by atoms with Gasteiger partial charge in [-0.1, -0.05) is 6.07 Å². The Kier molecular flexibility index (Phi) is 5.05. The highest BCUT2D eigenvalue weighted by atomic mass is 79.9. The molecule has 108 valence electrons. The van der Waals surface area contributed by atoms with Crippen LogP contribution in [-0.2, 0) is 0 Å². The van der Waals surface area contributed by atoms with E-state index in [0.29, 0.717) is 28.0 Å². The van der Waals surface area contributed by atoms with Crippen molar-refractivity contribution in [3.63, 3.8) is 0 Å².